The fourth-order valence-corrected chi connectivity index (χ4v) is 3.09. The Labute approximate surface area is 132 Å². The number of benzene rings is 1. The number of nitrogens with one attached hydrogen (secondary N) is 1. The van der Waals surface area contributed by atoms with Crippen molar-refractivity contribution >= 4 is 22.6 Å². The molecule has 0 saturated heterocycles. The molecular formula is C16H17IN2O. The third-order valence-corrected chi connectivity index (χ3v) is 4.98. The first-order valence-corrected chi connectivity index (χ1v) is 7.93. The first-order valence-electron chi connectivity index (χ1n) is 6.86. The molecule has 1 aliphatic rings. The van der Waals surface area contributed by atoms with E-state index >= 15 is 0 Å². The van der Waals surface area contributed by atoms with Crippen LogP contribution < -0.4 is 5.56 Å². The van der Waals surface area contributed by atoms with Gasteiger partial charge in [0, 0.05) is 11.3 Å². The maximum absolute atomic E-state index is 12.2. The summed E-state index contributed by atoms with van der Waals surface area (Å²) < 4.78 is 0.748. The number of aromatic nitrogens is 2. The van der Waals surface area contributed by atoms with Gasteiger partial charge in [0.25, 0.3) is 5.56 Å². The third-order valence-electron chi connectivity index (χ3n) is 3.94. The van der Waals surface area contributed by atoms with Gasteiger partial charge in [0.1, 0.15) is 5.82 Å². The predicted molar refractivity (Wildman–Crippen MR) is 88.1 cm³/mol. The summed E-state index contributed by atoms with van der Waals surface area (Å²) in [5.41, 5.74) is 1.83. The summed E-state index contributed by atoms with van der Waals surface area (Å²) in [7, 11) is 0. The molecule has 1 aromatic carbocycles. The molecule has 1 fully saturated rings. The van der Waals surface area contributed by atoms with E-state index in [-0.39, 0.29) is 11.0 Å². The van der Waals surface area contributed by atoms with Crippen LogP contribution in [0.25, 0.3) is 0 Å². The van der Waals surface area contributed by atoms with Gasteiger partial charge in [0.15, 0.2) is 0 Å². The molecule has 1 saturated carbocycles. The van der Waals surface area contributed by atoms with Crippen LogP contribution >= 0.6 is 22.6 Å². The number of H-pyrrole nitrogens is 1. The molecule has 0 atom stereocenters. The van der Waals surface area contributed by atoms with Crippen LogP contribution in [0.1, 0.15) is 49.7 Å². The van der Waals surface area contributed by atoms with Crippen molar-refractivity contribution in [2.24, 2.45) is 0 Å². The third kappa shape index (κ3) is 2.41. The first-order chi connectivity index (χ1) is 9.50. The molecule has 0 unspecified atom stereocenters. The van der Waals surface area contributed by atoms with Crippen LogP contribution in [0.4, 0.5) is 0 Å². The second-order valence-electron chi connectivity index (χ2n) is 5.88. The Morgan fingerprint density at radius 2 is 1.90 bits per heavy atom. The number of nitrogens with zero attached hydrogens (tertiary/aromatic N) is 1. The van der Waals surface area contributed by atoms with Crippen molar-refractivity contribution in [3.05, 3.63) is 61.3 Å². The zero-order chi connectivity index (χ0) is 14.3. The summed E-state index contributed by atoms with van der Waals surface area (Å²) in [6.07, 6.45) is 2.30. The molecule has 3 nitrogen and oxygen atoms in total. The SMILES string of the molecule is CC(C)(c1ccccc1)c1nc(C2CC2)c(I)c(=O)[nH]1. The van der Waals surface area contributed by atoms with Crippen molar-refractivity contribution in [2.75, 3.05) is 0 Å². The minimum atomic E-state index is -0.297. The molecule has 1 heterocycles. The maximum Gasteiger partial charge on any atom is 0.264 e. The fourth-order valence-electron chi connectivity index (χ4n) is 2.39. The predicted octanol–water partition coefficient (Wildman–Crippen LogP) is 3.58. The van der Waals surface area contributed by atoms with Crippen molar-refractivity contribution in [1.82, 2.24) is 9.97 Å². The Morgan fingerprint density at radius 3 is 2.50 bits per heavy atom. The van der Waals surface area contributed by atoms with Gasteiger partial charge >= 0.3 is 0 Å². The quantitative estimate of drug-likeness (QED) is 0.828. The van der Waals surface area contributed by atoms with Gasteiger partial charge in [-0.25, -0.2) is 4.98 Å². The highest BCUT2D eigenvalue weighted by atomic mass is 127. The minimum absolute atomic E-state index is 0.0125. The van der Waals surface area contributed by atoms with Crippen molar-refractivity contribution in [3.8, 4) is 0 Å². The summed E-state index contributed by atoms with van der Waals surface area (Å²) in [5.74, 6) is 1.24. The van der Waals surface area contributed by atoms with Gasteiger partial charge in [0.2, 0.25) is 0 Å². The van der Waals surface area contributed by atoms with E-state index in [1.54, 1.807) is 0 Å². The molecule has 1 N–H and O–H groups in total. The lowest BCUT2D eigenvalue weighted by atomic mass is 9.83. The lowest BCUT2D eigenvalue weighted by Gasteiger charge is -2.25. The Bertz CT molecular complexity index is 687. The molecule has 2 aromatic rings. The van der Waals surface area contributed by atoms with Gasteiger partial charge in [-0.3, -0.25) is 4.79 Å². The normalized spacial score (nSPS) is 15.3. The first kappa shape index (κ1) is 13.8. The van der Waals surface area contributed by atoms with Crippen LogP contribution in [0.3, 0.4) is 0 Å². The molecule has 0 bridgehead atoms. The maximum atomic E-state index is 12.2. The summed E-state index contributed by atoms with van der Waals surface area (Å²) in [6, 6.07) is 10.2. The van der Waals surface area contributed by atoms with Gasteiger partial charge < -0.3 is 4.98 Å². The van der Waals surface area contributed by atoms with Gasteiger partial charge in [0.05, 0.1) is 9.26 Å². The van der Waals surface area contributed by atoms with Crippen LogP contribution in [0, 0.1) is 3.57 Å². The number of hydrogen-bond acceptors (Lipinski definition) is 2. The molecule has 0 aliphatic heterocycles. The highest BCUT2D eigenvalue weighted by Crippen LogP contribution is 2.41. The Hall–Kier alpha value is -1.17. The average molecular weight is 380 g/mol. The number of hydrogen-bond donors (Lipinski definition) is 1. The molecule has 1 aliphatic carbocycles. The summed E-state index contributed by atoms with van der Waals surface area (Å²) in [6.45, 7) is 4.20. The lowest BCUT2D eigenvalue weighted by Crippen LogP contribution is -2.28. The van der Waals surface area contributed by atoms with E-state index in [0.29, 0.717) is 5.92 Å². The monoisotopic (exact) mass is 380 g/mol. The van der Waals surface area contributed by atoms with E-state index in [1.807, 2.05) is 18.2 Å². The summed E-state index contributed by atoms with van der Waals surface area (Å²) in [4.78, 5) is 19.9. The lowest BCUT2D eigenvalue weighted by molar-refractivity contribution is 0.580. The molecule has 3 rings (SSSR count). The minimum Gasteiger partial charge on any atom is -0.309 e. The Morgan fingerprint density at radius 1 is 1.25 bits per heavy atom. The zero-order valence-electron chi connectivity index (χ0n) is 11.6. The fraction of sp³-hybridized carbons (Fsp3) is 0.375. The molecule has 0 amide bonds. The van der Waals surface area contributed by atoms with Gasteiger partial charge in [-0.2, -0.15) is 0 Å². The average Bonchev–Trinajstić information content (AvgIpc) is 3.27. The molecule has 0 spiro atoms. The van der Waals surface area contributed by atoms with E-state index < -0.39 is 0 Å². The molecule has 0 radical (unpaired) electrons. The standard InChI is InChI=1S/C16H17IN2O/c1-16(2,11-6-4-3-5-7-11)15-18-13(10-8-9-10)12(17)14(20)19-15/h3-7,10H,8-9H2,1-2H3,(H,18,19,20). The van der Waals surface area contributed by atoms with Crippen LogP contribution in [-0.4, -0.2) is 9.97 Å². The van der Waals surface area contributed by atoms with Crippen molar-refractivity contribution in [3.63, 3.8) is 0 Å². The van der Waals surface area contributed by atoms with Crippen molar-refractivity contribution in [2.45, 2.75) is 38.0 Å². The van der Waals surface area contributed by atoms with Gasteiger partial charge in [-0.15, -0.1) is 0 Å². The Balaban J connectivity index is 2.12. The number of halogens is 1. The highest BCUT2D eigenvalue weighted by molar-refractivity contribution is 14.1. The Kier molecular flexibility index (Phi) is 3.44. The highest BCUT2D eigenvalue weighted by Gasteiger charge is 2.32. The van der Waals surface area contributed by atoms with E-state index in [0.717, 1.165) is 33.5 Å². The summed E-state index contributed by atoms with van der Waals surface area (Å²) in [5, 5.41) is 0. The number of aromatic amines is 1. The van der Waals surface area contributed by atoms with Crippen LogP contribution in [0.5, 0.6) is 0 Å². The second-order valence-corrected chi connectivity index (χ2v) is 6.96. The number of rotatable bonds is 3. The van der Waals surface area contributed by atoms with E-state index in [4.69, 9.17) is 4.98 Å². The van der Waals surface area contributed by atoms with Gasteiger partial charge in [-0.1, -0.05) is 30.3 Å². The van der Waals surface area contributed by atoms with Crippen molar-refractivity contribution < 1.29 is 0 Å². The molecule has 104 valence electrons. The van der Waals surface area contributed by atoms with E-state index in [2.05, 4.69) is 53.6 Å². The van der Waals surface area contributed by atoms with Crippen LogP contribution in [-0.2, 0) is 5.41 Å². The van der Waals surface area contributed by atoms with E-state index in [1.165, 1.54) is 0 Å². The van der Waals surface area contributed by atoms with Gasteiger partial charge in [-0.05, 0) is 54.8 Å². The zero-order valence-corrected chi connectivity index (χ0v) is 13.8. The summed E-state index contributed by atoms with van der Waals surface area (Å²) >= 11 is 2.11. The molecular weight excluding hydrogens is 363 g/mol. The molecule has 4 heteroatoms. The molecule has 1 aromatic heterocycles. The van der Waals surface area contributed by atoms with Crippen LogP contribution in [0.2, 0.25) is 0 Å². The van der Waals surface area contributed by atoms with Crippen LogP contribution in [0.15, 0.2) is 35.1 Å². The van der Waals surface area contributed by atoms with Crippen molar-refractivity contribution in [1.29, 1.82) is 0 Å². The topological polar surface area (TPSA) is 45.8 Å². The largest absolute Gasteiger partial charge is 0.309 e. The smallest absolute Gasteiger partial charge is 0.264 e. The molecule has 20 heavy (non-hydrogen) atoms. The second kappa shape index (κ2) is 4.98. The van der Waals surface area contributed by atoms with E-state index in [9.17, 15) is 4.79 Å².